The van der Waals surface area contributed by atoms with Crippen molar-refractivity contribution < 1.29 is 9.53 Å². The summed E-state index contributed by atoms with van der Waals surface area (Å²) in [5, 5.41) is 8.47. The van der Waals surface area contributed by atoms with Gasteiger partial charge in [0.05, 0.1) is 7.11 Å². The summed E-state index contributed by atoms with van der Waals surface area (Å²) < 4.78 is 5.30. The summed E-state index contributed by atoms with van der Waals surface area (Å²) in [6, 6.07) is 18.4. The van der Waals surface area contributed by atoms with E-state index < -0.39 is 0 Å². The molecule has 0 radical (unpaired) electrons. The molecule has 2 aromatic heterocycles. The number of methoxy groups -OCH3 is 1. The van der Waals surface area contributed by atoms with Gasteiger partial charge in [0.25, 0.3) is 0 Å². The van der Waals surface area contributed by atoms with E-state index in [9.17, 15) is 4.79 Å². The summed E-state index contributed by atoms with van der Waals surface area (Å²) in [5.41, 5.74) is 4.65. The lowest BCUT2D eigenvalue weighted by atomic mass is 9.90. The minimum atomic E-state index is 0.0575. The SMILES string of the molecule is COc1ccc(C(CNC(=O)CCc2ccsc2)c2c[nH]c3ccccc23)cc1. The second kappa shape index (κ2) is 8.97. The van der Waals surface area contributed by atoms with Crippen LogP contribution in [0.3, 0.4) is 0 Å². The van der Waals surface area contributed by atoms with Gasteiger partial charge in [0.15, 0.2) is 0 Å². The molecule has 0 bridgehead atoms. The molecule has 0 saturated heterocycles. The number of H-pyrrole nitrogens is 1. The molecule has 4 nitrogen and oxygen atoms in total. The van der Waals surface area contributed by atoms with Gasteiger partial charge in [-0.2, -0.15) is 11.3 Å². The minimum absolute atomic E-state index is 0.0575. The predicted molar refractivity (Wildman–Crippen MR) is 119 cm³/mol. The molecule has 0 aliphatic rings. The van der Waals surface area contributed by atoms with Crippen LogP contribution in [0.25, 0.3) is 10.9 Å². The molecule has 0 spiro atoms. The number of hydrogen-bond donors (Lipinski definition) is 2. The number of nitrogens with one attached hydrogen (secondary N) is 2. The fraction of sp³-hybridized carbons (Fsp3) is 0.208. The van der Waals surface area contributed by atoms with E-state index in [-0.39, 0.29) is 11.8 Å². The zero-order valence-corrected chi connectivity index (χ0v) is 17.2. The highest BCUT2D eigenvalue weighted by atomic mass is 32.1. The maximum Gasteiger partial charge on any atom is 0.220 e. The zero-order chi connectivity index (χ0) is 20.1. The van der Waals surface area contributed by atoms with Crippen LogP contribution in [0.5, 0.6) is 5.75 Å². The molecule has 5 heteroatoms. The Hall–Kier alpha value is -3.05. The number of para-hydroxylation sites is 1. The van der Waals surface area contributed by atoms with Crippen LogP contribution in [0.2, 0.25) is 0 Å². The molecule has 2 N–H and O–H groups in total. The van der Waals surface area contributed by atoms with Gasteiger partial charge in [0.1, 0.15) is 5.75 Å². The Kier molecular flexibility index (Phi) is 5.96. The zero-order valence-electron chi connectivity index (χ0n) is 16.4. The third-order valence-corrected chi connectivity index (χ3v) is 5.97. The smallest absolute Gasteiger partial charge is 0.220 e. The van der Waals surface area contributed by atoms with Crippen LogP contribution in [0, 0.1) is 0 Å². The number of rotatable bonds is 8. The molecule has 29 heavy (non-hydrogen) atoms. The van der Waals surface area contributed by atoms with E-state index in [2.05, 4.69) is 52.2 Å². The Morgan fingerprint density at radius 2 is 1.97 bits per heavy atom. The van der Waals surface area contributed by atoms with E-state index in [0.717, 1.165) is 23.3 Å². The van der Waals surface area contributed by atoms with Crippen LogP contribution in [-0.4, -0.2) is 24.5 Å². The maximum atomic E-state index is 12.5. The van der Waals surface area contributed by atoms with E-state index >= 15 is 0 Å². The molecule has 4 aromatic rings. The van der Waals surface area contributed by atoms with Crippen molar-refractivity contribution in [3.05, 3.63) is 88.2 Å². The quantitative estimate of drug-likeness (QED) is 0.428. The number of fused-ring (bicyclic) bond motifs is 1. The Bertz CT molecular complexity index is 1070. The van der Waals surface area contributed by atoms with Crippen LogP contribution in [-0.2, 0) is 11.2 Å². The van der Waals surface area contributed by atoms with E-state index in [1.807, 2.05) is 29.6 Å². The molecule has 1 amide bonds. The molecule has 4 rings (SSSR count). The van der Waals surface area contributed by atoms with Crippen LogP contribution in [0.1, 0.15) is 29.0 Å². The second-order valence-electron chi connectivity index (χ2n) is 7.05. The first-order valence-electron chi connectivity index (χ1n) is 9.72. The van der Waals surface area contributed by atoms with Crippen LogP contribution in [0.15, 0.2) is 71.6 Å². The fourth-order valence-electron chi connectivity index (χ4n) is 3.62. The van der Waals surface area contributed by atoms with Gasteiger partial charge in [-0.25, -0.2) is 0 Å². The fourth-order valence-corrected chi connectivity index (χ4v) is 4.33. The van der Waals surface area contributed by atoms with E-state index in [1.54, 1.807) is 18.4 Å². The lowest BCUT2D eigenvalue weighted by Crippen LogP contribution is -2.29. The Morgan fingerprint density at radius 1 is 1.14 bits per heavy atom. The molecule has 0 aliphatic carbocycles. The average Bonchev–Trinajstić information content (AvgIpc) is 3.43. The normalized spacial score (nSPS) is 12.0. The van der Waals surface area contributed by atoms with Crippen molar-refractivity contribution in [2.24, 2.45) is 0 Å². The monoisotopic (exact) mass is 404 g/mol. The molecular formula is C24H24N2O2S. The van der Waals surface area contributed by atoms with Crippen molar-refractivity contribution in [1.82, 2.24) is 10.3 Å². The van der Waals surface area contributed by atoms with Gasteiger partial charge in [0.2, 0.25) is 5.91 Å². The third-order valence-electron chi connectivity index (χ3n) is 5.24. The van der Waals surface area contributed by atoms with Gasteiger partial charge in [-0.15, -0.1) is 0 Å². The highest BCUT2D eigenvalue weighted by molar-refractivity contribution is 7.07. The molecule has 0 aliphatic heterocycles. The lowest BCUT2D eigenvalue weighted by Gasteiger charge is -2.18. The van der Waals surface area contributed by atoms with Gasteiger partial charge in [0, 0.05) is 36.0 Å². The summed E-state index contributed by atoms with van der Waals surface area (Å²) in [7, 11) is 1.67. The van der Waals surface area contributed by atoms with E-state index in [0.29, 0.717) is 13.0 Å². The number of benzene rings is 2. The third kappa shape index (κ3) is 4.51. The molecule has 0 saturated carbocycles. The number of amides is 1. The summed E-state index contributed by atoms with van der Waals surface area (Å²) >= 11 is 1.66. The Balaban J connectivity index is 1.54. The average molecular weight is 405 g/mol. The van der Waals surface area contributed by atoms with E-state index in [1.165, 1.54) is 16.5 Å². The minimum Gasteiger partial charge on any atom is -0.497 e. The van der Waals surface area contributed by atoms with Gasteiger partial charge in [-0.05, 0) is 58.1 Å². The predicted octanol–water partition coefficient (Wildman–Crippen LogP) is 5.12. The van der Waals surface area contributed by atoms with Crippen molar-refractivity contribution >= 4 is 28.1 Å². The van der Waals surface area contributed by atoms with Crippen LogP contribution in [0.4, 0.5) is 0 Å². The first kappa shape index (κ1) is 19.3. The number of aryl methyl sites for hydroxylation is 1. The first-order chi connectivity index (χ1) is 14.2. The first-order valence-corrected chi connectivity index (χ1v) is 10.7. The summed E-state index contributed by atoms with van der Waals surface area (Å²) in [6.45, 7) is 0.552. The molecule has 0 fully saturated rings. The number of aromatic amines is 1. The number of aromatic nitrogens is 1. The molecule has 2 heterocycles. The molecule has 1 unspecified atom stereocenters. The number of carbonyl (C=O) groups excluding carboxylic acids is 1. The summed E-state index contributed by atoms with van der Waals surface area (Å²) in [5.74, 6) is 0.961. The number of thiophene rings is 1. The summed E-state index contributed by atoms with van der Waals surface area (Å²) in [6.07, 6.45) is 3.33. The standard InChI is InChI=1S/C24H24N2O2S/c1-28-19-9-7-18(8-10-19)21(22-15-25-23-5-3-2-4-20(22)23)14-26-24(27)11-6-17-12-13-29-16-17/h2-5,7-10,12-13,15-16,21,25H,6,11,14H2,1H3,(H,26,27). The highest BCUT2D eigenvalue weighted by Gasteiger charge is 2.19. The van der Waals surface area contributed by atoms with Crippen molar-refractivity contribution in [3.63, 3.8) is 0 Å². The van der Waals surface area contributed by atoms with Gasteiger partial charge in [-0.1, -0.05) is 30.3 Å². The Morgan fingerprint density at radius 3 is 2.72 bits per heavy atom. The topological polar surface area (TPSA) is 54.1 Å². The number of ether oxygens (including phenoxy) is 1. The van der Waals surface area contributed by atoms with E-state index in [4.69, 9.17) is 4.74 Å². The number of hydrogen-bond acceptors (Lipinski definition) is 3. The lowest BCUT2D eigenvalue weighted by molar-refractivity contribution is -0.121. The van der Waals surface area contributed by atoms with Crippen LogP contribution >= 0.6 is 11.3 Å². The highest BCUT2D eigenvalue weighted by Crippen LogP contribution is 2.31. The van der Waals surface area contributed by atoms with Gasteiger partial charge < -0.3 is 15.0 Å². The number of carbonyl (C=O) groups is 1. The van der Waals surface area contributed by atoms with Crippen molar-refractivity contribution in [1.29, 1.82) is 0 Å². The largest absolute Gasteiger partial charge is 0.497 e. The molecule has 1 atom stereocenters. The van der Waals surface area contributed by atoms with Crippen LogP contribution < -0.4 is 10.1 Å². The van der Waals surface area contributed by atoms with Gasteiger partial charge in [-0.3, -0.25) is 4.79 Å². The molecular weight excluding hydrogens is 380 g/mol. The maximum absolute atomic E-state index is 12.5. The van der Waals surface area contributed by atoms with Crippen molar-refractivity contribution in [3.8, 4) is 5.75 Å². The Labute approximate surface area is 174 Å². The van der Waals surface area contributed by atoms with Gasteiger partial charge >= 0.3 is 0 Å². The molecule has 2 aromatic carbocycles. The second-order valence-corrected chi connectivity index (χ2v) is 7.83. The van der Waals surface area contributed by atoms with Crippen molar-refractivity contribution in [2.75, 3.05) is 13.7 Å². The summed E-state index contributed by atoms with van der Waals surface area (Å²) in [4.78, 5) is 15.8. The molecule has 148 valence electrons. The van der Waals surface area contributed by atoms with Crippen molar-refractivity contribution in [2.45, 2.75) is 18.8 Å².